The van der Waals surface area contributed by atoms with Gasteiger partial charge in [0, 0.05) is 24.1 Å². The highest BCUT2D eigenvalue weighted by Gasteiger charge is 2.12. The highest BCUT2D eigenvalue weighted by atomic mass is 32.1. The number of nitrogens with one attached hydrogen (secondary N) is 3. The van der Waals surface area contributed by atoms with E-state index in [1.54, 1.807) is 0 Å². The van der Waals surface area contributed by atoms with Crippen LogP contribution < -0.4 is 16.2 Å². The molecule has 2 aromatic rings. The monoisotopic (exact) mass is 383 g/mol. The molecule has 0 atom stereocenters. The van der Waals surface area contributed by atoms with E-state index in [0.717, 1.165) is 27.9 Å². The van der Waals surface area contributed by atoms with E-state index < -0.39 is 0 Å². The first-order valence-electron chi connectivity index (χ1n) is 8.80. The molecule has 3 N–H and O–H groups in total. The number of anilines is 1. The van der Waals surface area contributed by atoms with Gasteiger partial charge in [-0.25, -0.2) is 0 Å². The average Bonchev–Trinajstić information content (AvgIpc) is 2.63. The Bertz CT molecular complexity index is 878. The Labute approximate surface area is 165 Å². The summed E-state index contributed by atoms with van der Waals surface area (Å²) >= 11 is 5.20. The molecule has 0 radical (unpaired) electrons. The van der Waals surface area contributed by atoms with E-state index in [1.807, 2.05) is 64.1 Å². The molecule has 0 fully saturated rings. The molecule has 0 heterocycles. The quantitative estimate of drug-likeness (QED) is 0.415. The van der Waals surface area contributed by atoms with Crippen LogP contribution in [0.4, 0.5) is 5.69 Å². The van der Waals surface area contributed by atoms with Crippen LogP contribution in [0.3, 0.4) is 0 Å². The summed E-state index contributed by atoms with van der Waals surface area (Å²) in [4.78, 5) is 24.3. The summed E-state index contributed by atoms with van der Waals surface area (Å²) in [5.74, 6) is -0.332. The van der Waals surface area contributed by atoms with Gasteiger partial charge < -0.3 is 5.32 Å². The van der Waals surface area contributed by atoms with Gasteiger partial charge in [0.2, 0.25) is 5.91 Å². The fourth-order valence-corrected chi connectivity index (χ4v) is 2.79. The molecule has 0 unspecified atom stereocenters. The molecule has 27 heavy (non-hydrogen) atoms. The van der Waals surface area contributed by atoms with Crippen molar-refractivity contribution in [1.82, 2.24) is 10.9 Å². The minimum absolute atomic E-state index is 0.0394. The maximum atomic E-state index is 12.3. The van der Waals surface area contributed by atoms with Crippen molar-refractivity contribution in [2.45, 2.75) is 40.5 Å². The molecule has 2 rings (SSSR count). The van der Waals surface area contributed by atoms with Gasteiger partial charge in [0.05, 0.1) is 0 Å². The second-order valence-corrected chi connectivity index (χ2v) is 7.02. The number of rotatable bonds is 5. The number of hydrazine groups is 1. The highest BCUT2D eigenvalue weighted by molar-refractivity contribution is 7.80. The first kappa shape index (κ1) is 20.6. The summed E-state index contributed by atoms with van der Waals surface area (Å²) in [5.41, 5.74) is 10.9. The van der Waals surface area contributed by atoms with Gasteiger partial charge in [0.1, 0.15) is 0 Å². The SMILES string of the molecule is Cc1ccc(C)c(C(=O)CCC(=O)NNC(=S)Nc2cccc(C)c2C)c1. The van der Waals surface area contributed by atoms with E-state index in [-0.39, 0.29) is 29.6 Å². The van der Waals surface area contributed by atoms with E-state index in [2.05, 4.69) is 16.2 Å². The van der Waals surface area contributed by atoms with E-state index in [9.17, 15) is 9.59 Å². The molecule has 5 nitrogen and oxygen atoms in total. The maximum Gasteiger partial charge on any atom is 0.238 e. The molecule has 0 saturated carbocycles. The van der Waals surface area contributed by atoms with Crippen LogP contribution in [0.5, 0.6) is 0 Å². The summed E-state index contributed by atoms with van der Waals surface area (Å²) in [6, 6.07) is 11.6. The number of amides is 1. The molecule has 0 aliphatic carbocycles. The number of hydrogen-bond acceptors (Lipinski definition) is 3. The van der Waals surface area contributed by atoms with Crippen LogP contribution in [-0.2, 0) is 4.79 Å². The standard InChI is InChI=1S/C21H25N3O2S/c1-13-8-9-15(3)17(12-13)19(25)10-11-20(26)23-24-21(27)22-18-7-5-6-14(2)16(18)4/h5-9,12H,10-11H2,1-4H3,(H,23,26)(H2,22,24,27). The zero-order valence-electron chi connectivity index (χ0n) is 16.1. The van der Waals surface area contributed by atoms with Gasteiger partial charge in [-0.3, -0.25) is 20.4 Å². The number of carbonyl (C=O) groups is 2. The fourth-order valence-electron chi connectivity index (χ4n) is 2.63. The zero-order chi connectivity index (χ0) is 20.0. The Balaban J connectivity index is 1.80. The molecule has 2 aromatic carbocycles. The molecule has 0 aliphatic heterocycles. The van der Waals surface area contributed by atoms with Crippen LogP contribution in [0.25, 0.3) is 0 Å². The van der Waals surface area contributed by atoms with Gasteiger partial charge in [0.15, 0.2) is 10.9 Å². The number of hydrogen-bond donors (Lipinski definition) is 3. The summed E-state index contributed by atoms with van der Waals surface area (Å²) in [5, 5.41) is 3.34. The number of Topliss-reactive ketones (excluding diaryl/α,β-unsaturated/α-hetero) is 1. The van der Waals surface area contributed by atoms with Crippen molar-refractivity contribution in [2.24, 2.45) is 0 Å². The van der Waals surface area contributed by atoms with Crippen molar-refractivity contribution in [3.63, 3.8) is 0 Å². The number of carbonyl (C=O) groups excluding carboxylic acids is 2. The van der Waals surface area contributed by atoms with Crippen LogP contribution in [0.2, 0.25) is 0 Å². The molecular weight excluding hydrogens is 358 g/mol. The highest BCUT2D eigenvalue weighted by Crippen LogP contribution is 2.17. The van der Waals surface area contributed by atoms with Crippen molar-refractivity contribution in [3.8, 4) is 0 Å². The van der Waals surface area contributed by atoms with E-state index in [1.165, 1.54) is 0 Å². The predicted octanol–water partition coefficient (Wildman–Crippen LogP) is 3.90. The van der Waals surface area contributed by atoms with Crippen molar-refractivity contribution in [2.75, 3.05) is 5.32 Å². The lowest BCUT2D eigenvalue weighted by Crippen LogP contribution is -2.43. The first-order chi connectivity index (χ1) is 12.8. The van der Waals surface area contributed by atoms with Crippen LogP contribution in [0, 0.1) is 27.7 Å². The van der Waals surface area contributed by atoms with Gasteiger partial charge in [-0.15, -0.1) is 0 Å². The molecule has 0 spiro atoms. The lowest BCUT2D eigenvalue weighted by molar-refractivity contribution is -0.121. The second-order valence-electron chi connectivity index (χ2n) is 6.62. The Kier molecular flexibility index (Phi) is 7.07. The summed E-state index contributed by atoms with van der Waals surface area (Å²) < 4.78 is 0. The molecule has 6 heteroatoms. The van der Waals surface area contributed by atoms with Crippen molar-refractivity contribution < 1.29 is 9.59 Å². The summed E-state index contributed by atoms with van der Waals surface area (Å²) in [6.45, 7) is 7.85. The molecule has 0 bridgehead atoms. The van der Waals surface area contributed by atoms with Crippen molar-refractivity contribution in [1.29, 1.82) is 0 Å². The van der Waals surface area contributed by atoms with Crippen LogP contribution in [0.15, 0.2) is 36.4 Å². The van der Waals surface area contributed by atoms with E-state index in [0.29, 0.717) is 5.56 Å². The molecule has 142 valence electrons. The van der Waals surface area contributed by atoms with Gasteiger partial charge in [-0.1, -0.05) is 29.8 Å². The Morgan fingerprint density at radius 3 is 2.41 bits per heavy atom. The Hall–Kier alpha value is -2.73. The molecule has 0 saturated heterocycles. The number of ketones is 1. The first-order valence-corrected chi connectivity index (χ1v) is 9.21. The molecule has 0 aliphatic rings. The third kappa shape index (κ3) is 5.89. The molecule has 1 amide bonds. The number of aryl methyl sites for hydroxylation is 3. The van der Waals surface area contributed by atoms with Gasteiger partial charge in [-0.2, -0.15) is 0 Å². The Morgan fingerprint density at radius 1 is 0.926 bits per heavy atom. The third-order valence-electron chi connectivity index (χ3n) is 4.44. The normalized spacial score (nSPS) is 10.2. The lowest BCUT2D eigenvalue weighted by atomic mass is 9.99. The second kappa shape index (κ2) is 9.28. The average molecular weight is 384 g/mol. The third-order valence-corrected chi connectivity index (χ3v) is 4.65. The van der Waals surface area contributed by atoms with E-state index in [4.69, 9.17) is 12.2 Å². The van der Waals surface area contributed by atoms with Crippen molar-refractivity contribution in [3.05, 3.63) is 64.2 Å². The smallest absolute Gasteiger partial charge is 0.238 e. The summed E-state index contributed by atoms with van der Waals surface area (Å²) in [7, 11) is 0. The van der Waals surface area contributed by atoms with E-state index >= 15 is 0 Å². The largest absolute Gasteiger partial charge is 0.331 e. The van der Waals surface area contributed by atoms with Gasteiger partial charge in [0.25, 0.3) is 0 Å². The van der Waals surface area contributed by atoms with Crippen LogP contribution >= 0.6 is 12.2 Å². The topological polar surface area (TPSA) is 70.2 Å². The lowest BCUT2D eigenvalue weighted by Gasteiger charge is -2.14. The fraction of sp³-hybridized carbons (Fsp3) is 0.286. The predicted molar refractivity (Wildman–Crippen MR) is 113 cm³/mol. The minimum Gasteiger partial charge on any atom is -0.331 e. The van der Waals surface area contributed by atoms with Gasteiger partial charge in [-0.05, 0) is 68.7 Å². The Morgan fingerprint density at radius 2 is 1.67 bits per heavy atom. The molecular formula is C21H25N3O2S. The summed E-state index contributed by atoms with van der Waals surface area (Å²) in [6.07, 6.45) is 0.236. The number of thiocarbonyl (C=S) groups is 1. The molecule has 0 aromatic heterocycles. The van der Waals surface area contributed by atoms with Crippen molar-refractivity contribution >= 4 is 34.7 Å². The minimum atomic E-state index is -0.293. The zero-order valence-corrected chi connectivity index (χ0v) is 16.9. The van der Waals surface area contributed by atoms with Gasteiger partial charge >= 0.3 is 0 Å². The van der Waals surface area contributed by atoms with Crippen LogP contribution in [0.1, 0.15) is 45.5 Å². The number of benzene rings is 2. The maximum absolute atomic E-state index is 12.3. The van der Waals surface area contributed by atoms with Crippen LogP contribution in [-0.4, -0.2) is 16.8 Å².